The van der Waals surface area contributed by atoms with E-state index in [0.717, 1.165) is 34.4 Å². The SMILES string of the molecule is CC/C(C)=C(/C=C\C(OC(F)F)=C(/C)c1cc(F)c(F)c(F)c1)Cc1ccc(CNC(=O)CO)cc1. The number of allylic oxidation sites excluding steroid dienone is 5. The zero-order chi connectivity index (χ0) is 26.8. The molecule has 9 heteroatoms. The third-order valence-corrected chi connectivity index (χ3v) is 5.57. The lowest BCUT2D eigenvalue weighted by Crippen LogP contribution is -2.25. The summed E-state index contributed by atoms with van der Waals surface area (Å²) in [5.41, 5.74) is 3.43. The van der Waals surface area contributed by atoms with Crippen LogP contribution in [0, 0.1) is 17.5 Å². The van der Waals surface area contributed by atoms with Crippen LogP contribution >= 0.6 is 0 Å². The molecule has 0 spiro atoms. The predicted octanol–water partition coefficient (Wildman–Crippen LogP) is 6.21. The van der Waals surface area contributed by atoms with E-state index in [-0.39, 0.29) is 23.4 Å². The maximum Gasteiger partial charge on any atom is 0.387 e. The maximum absolute atomic E-state index is 13.7. The van der Waals surface area contributed by atoms with Crippen LogP contribution in [0.3, 0.4) is 0 Å². The quantitative estimate of drug-likeness (QED) is 0.164. The number of ether oxygens (including phenoxy) is 1. The number of carbonyl (C=O) groups excluding carboxylic acids is 1. The molecule has 4 nitrogen and oxygen atoms in total. The van der Waals surface area contributed by atoms with Crippen molar-refractivity contribution in [1.29, 1.82) is 0 Å². The van der Waals surface area contributed by atoms with E-state index in [1.807, 2.05) is 38.1 Å². The molecular weight excluding hydrogens is 481 g/mol. The van der Waals surface area contributed by atoms with E-state index in [0.29, 0.717) is 12.8 Å². The first-order chi connectivity index (χ1) is 17.0. The molecule has 36 heavy (non-hydrogen) atoms. The Bertz CT molecular complexity index is 1130. The van der Waals surface area contributed by atoms with E-state index in [1.54, 1.807) is 6.08 Å². The summed E-state index contributed by atoms with van der Waals surface area (Å²) in [6.07, 6.45) is 4.05. The third-order valence-electron chi connectivity index (χ3n) is 5.57. The highest BCUT2D eigenvalue weighted by atomic mass is 19.3. The molecule has 2 aromatic carbocycles. The third kappa shape index (κ3) is 8.34. The number of nitrogens with one attached hydrogen (secondary N) is 1. The van der Waals surface area contributed by atoms with Gasteiger partial charge < -0.3 is 15.2 Å². The Hall–Kier alpha value is -3.46. The summed E-state index contributed by atoms with van der Waals surface area (Å²) in [5.74, 6) is -5.32. The van der Waals surface area contributed by atoms with Gasteiger partial charge in [-0.2, -0.15) is 8.78 Å². The fourth-order valence-electron chi connectivity index (χ4n) is 3.27. The molecular formula is C27H28F5NO3. The fraction of sp³-hybridized carbons (Fsp3) is 0.296. The minimum atomic E-state index is -3.19. The summed E-state index contributed by atoms with van der Waals surface area (Å²) < 4.78 is 71.5. The number of halogens is 5. The molecule has 0 atom stereocenters. The van der Waals surface area contributed by atoms with Crippen LogP contribution in [0.15, 0.2) is 65.5 Å². The van der Waals surface area contributed by atoms with E-state index in [2.05, 4.69) is 10.1 Å². The molecule has 0 heterocycles. The Morgan fingerprint density at radius 2 is 1.61 bits per heavy atom. The van der Waals surface area contributed by atoms with Crippen LogP contribution < -0.4 is 5.32 Å². The summed E-state index contributed by atoms with van der Waals surface area (Å²) in [7, 11) is 0. The molecule has 0 saturated heterocycles. The van der Waals surface area contributed by atoms with Crippen LogP contribution in [0.4, 0.5) is 22.0 Å². The summed E-state index contributed by atoms with van der Waals surface area (Å²) in [6.45, 7) is 1.67. The Kier molecular flexibility index (Phi) is 10.9. The Morgan fingerprint density at radius 3 is 2.14 bits per heavy atom. The minimum absolute atomic E-state index is 0.00660. The lowest BCUT2D eigenvalue weighted by atomic mass is 9.97. The van der Waals surface area contributed by atoms with Gasteiger partial charge in [0.1, 0.15) is 12.4 Å². The normalized spacial score (nSPS) is 13.1. The van der Waals surface area contributed by atoms with Crippen molar-refractivity contribution in [2.75, 3.05) is 6.61 Å². The maximum atomic E-state index is 13.7. The van der Waals surface area contributed by atoms with Crippen LogP contribution in [0.1, 0.15) is 43.9 Å². The van der Waals surface area contributed by atoms with Gasteiger partial charge in [-0.3, -0.25) is 4.79 Å². The van der Waals surface area contributed by atoms with Crippen molar-refractivity contribution < 1.29 is 36.6 Å². The van der Waals surface area contributed by atoms with Crippen molar-refractivity contribution >= 4 is 11.5 Å². The molecule has 0 aliphatic heterocycles. The molecule has 2 N–H and O–H groups in total. The van der Waals surface area contributed by atoms with E-state index in [1.165, 1.54) is 13.0 Å². The van der Waals surface area contributed by atoms with Crippen molar-refractivity contribution in [1.82, 2.24) is 5.32 Å². The van der Waals surface area contributed by atoms with Gasteiger partial charge in [-0.25, -0.2) is 13.2 Å². The van der Waals surface area contributed by atoms with Gasteiger partial charge in [0.05, 0.1) is 0 Å². The first-order valence-corrected chi connectivity index (χ1v) is 11.2. The first kappa shape index (κ1) is 28.8. The van der Waals surface area contributed by atoms with Gasteiger partial charge in [0.25, 0.3) is 0 Å². The average molecular weight is 510 g/mol. The van der Waals surface area contributed by atoms with Crippen LogP contribution in [0.2, 0.25) is 0 Å². The second-order valence-corrected chi connectivity index (χ2v) is 8.04. The van der Waals surface area contributed by atoms with E-state index >= 15 is 0 Å². The van der Waals surface area contributed by atoms with Crippen molar-refractivity contribution in [2.24, 2.45) is 0 Å². The van der Waals surface area contributed by atoms with Crippen LogP contribution in [0.25, 0.3) is 5.57 Å². The average Bonchev–Trinajstić information content (AvgIpc) is 2.86. The number of benzene rings is 2. The number of alkyl halides is 2. The molecule has 0 aliphatic carbocycles. The molecule has 1 amide bonds. The summed E-state index contributed by atoms with van der Waals surface area (Å²) in [6, 6.07) is 8.80. The second-order valence-electron chi connectivity index (χ2n) is 8.04. The zero-order valence-corrected chi connectivity index (χ0v) is 20.2. The van der Waals surface area contributed by atoms with E-state index in [4.69, 9.17) is 5.11 Å². The second kappa shape index (κ2) is 13.6. The van der Waals surface area contributed by atoms with Crippen molar-refractivity contribution in [3.05, 3.63) is 99.6 Å². The van der Waals surface area contributed by atoms with Gasteiger partial charge >= 0.3 is 6.61 Å². The largest absolute Gasteiger partial charge is 0.435 e. The van der Waals surface area contributed by atoms with Gasteiger partial charge in [-0.05, 0) is 72.7 Å². The Morgan fingerprint density at radius 1 is 1.03 bits per heavy atom. The molecule has 0 bridgehead atoms. The number of carbonyl (C=O) groups is 1. The number of amides is 1. The Balaban J connectivity index is 2.34. The molecule has 0 aliphatic rings. The van der Waals surface area contributed by atoms with Crippen LogP contribution in [-0.4, -0.2) is 24.2 Å². The van der Waals surface area contributed by atoms with Gasteiger partial charge in [0.2, 0.25) is 5.91 Å². The number of aliphatic hydroxyl groups excluding tert-OH is 1. The zero-order valence-electron chi connectivity index (χ0n) is 20.2. The van der Waals surface area contributed by atoms with Gasteiger partial charge in [0, 0.05) is 6.54 Å². The highest BCUT2D eigenvalue weighted by Crippen LogP contribution is 2.26. The number of hydrogen-bond donors (Lipinski definition) is 2. The molecule has 2 rings (SSSR count). The number of hydrogen-bond acceptors (Lipinski definition) is 3. The molecule has 0 radical (unpaired) electrons. The molecule has 0 unspecified atom stereocenters. The standard InChI is InChI=1S/C27H28F5NO3/c1-4-16(2)20(11-18-5-7-19(8-6-18)14-33-25(35)15-34)9-10-24(36-27(31)32)17(3)21-12-22(28)26(30)23(29)13-21/h5-10,12-13,27,34H,4,11,14-15H2,1-3H3,(H,33,35)/b10-9-,20-16-,24-17-. The minimum Gasteiger partial charge on any atom is -0.435 e. The molecule has 194 valence electrons. The summed E-state index contributed by atoms with van der Waals surface area (Å²) in [4.78, 5) is 11.2. The number of rotatable bonds is 11. The first-order valence-electron chi connectivity index (χ1n) is 11.2. The smallest absolute Gasteiger partial charge is 0.387 e. The fourth-order valence-corrected chi connectivity index (χ4v) is 3.27. The van der Waals surface area contributed by atoms with E-state index in [9.17, 15) is 26.7 Å². The predicted molar refractivity (Wildman–Crippen MR) is 127 cm³/mol. The lowest BCUT2D eigenvalue weighted by molar-refractivity contribution is -0.123. The highest BCUT2D eigenvalue weighted by molar-refractivity contribution is 5.76. The monoisotopic (exact) mass is 509 g/mol. The molecule has 0 saturated carbocycles. The molecule has 0 fully saturated rings. The van der Waals surface area contributed by atoms with Crippen LogP contribution in [-0.2, 0) is 22.5 Å². The van der Waals surface area contributed by atoms with Crippen molar-refractivity contribution in [3.8, 4) is 0 Å². The summed E-state index contributed by atoms with van der Waals surface area (Å²) in [5, 5.41) is 11.3. The van der Waals surface area contributed by atoms with Crippen molar-refractivity contribution in [3.63, 3.8) is 0 Å². The highest BCUT2D eigenvalue weighted by Gasteiger charge is 2.15. The number of aliphatic hydroxyl groups is 1. The van der Waals surface area contributed by atoms with Gasteiger partial charge in [-0.15, -0.1) is 0 Å². The molecule has 2 aromatic rings. The van der Waals surface area contributed by atoms with E-state index < -0.39 is 36.6 Å². The van der Waals surface area contributed by atoms with Crippen molar-refractivity contribution in [2.45, 2.75) is 46.8 Å². The van der Waals surface area contributed by atoms with Gasteiger partial charge in [0.15, 0.2) is 17.5 Å². The lowest BCUT2D eigenvalue weighted by Gasteiger charge is -2.13. The van der Waals surface area contributed by atoms with Crippen LogP contribution in [0.5, 0.6) is 0 Å². The Labute approximate surface area is 206 Å². The van der Waals surface area contributed by atoms with Gasteiger partial charge in [-0.1, -0.05) is 42.8 Å². The summed E-state index contributed by atoms with van der Waals surface area (Å²) >= 11 is 0. The molecule has 0 aromatic heterocycles. The topological polar surface area (TPSA) is 58.6 Å².